The quantitative estimate of drug-likeness (QED) is 0.851. The molecule has 0 radical (unpaired) electrons. The van der Waals surface area contributed by atoms with Crippen molar-refractivity contribution in [3.8, 4) is 5.75 Å². The van der Waals surface area contributed by atoms with Crippen molar-refractivity contribution in [1.29, 1.82) is 0 Å². The number of carbonyl (C=O) groups is 1. The molecule has 1 aromatic carbocycles. The van der Waals surface area contributed by atoms with Gasteiger partial charge >= 0.3 is 0 Å². The van der Waals surface area contributed by atoms with Crippen LogP contribution < -0.4 is 10.1 Å². The molecule has 0 heterocycles. The second-order valence-electron chi connectivity index (χ2n) is 4.58. The molecule has 1 amide bonds. The molecule has 3 nitrogen and oxygen atoms in total. The van der Waals surface area contributed by atoms with E-state index in [9.17, 15) is 4.79 Å². The van der Waals surface area contributed by atoms with Crippen molar-refractivity contribution in [1.82, 2.24) is 5.32 Å². The zero-order chi connectivity index (χ0) is 12.8. The van der Waals surface area contributed by atoms with Gasteiger partial charge in [-0.2, -0.15) is 0 Å². The van der Waals surface area contributed by atoms with Gasteiger partial charge in [0.25, 0.3) is 0 Å². The third-order valence-corrected chi connectivity index (χ3v) is 2.63. The second kappa shape index (κ2) is 6.28. The Morgan fingerprint density at radius 1 is 1.29 bits per heavy atom. The smallest absolute Gasteiger partial charge is 0.222 e. The number of hydrogen-bond acceptors (Lipinski definition) is 2. The first kappa shape index (κ1) is 13.6. The van der Waals surface area contributed by atoms with Crippen LogP contribution in [0.1, 0.15) is 26.3 Å². The van der Waals surface area contributed by atoms with Gasteiger partial charge in [-0.3, -0.25) is 4.79 Å². The fraction of sp³-hybridized carbons (Fsp3) is 0.500. The van der Waals surface area contributed by atoms with Gasteiger partial charge in [-0.25, -0.2) is 0 Å². The molecule has 1 aromatic rings. The molecule has 0 aromatic heterocycles. The highest BCUT2D eigenvalue weighted by atomic mass is 16.5. The van der Waals surface area contributed by atoms with Gasteiger partial charge in [-0.1, -0.05) is 32.0 Å². The third kappa shape index (κ3) is 4.10. The van der Waals surface area contributed by atoms with E-state index in [0.717, 1.165) is 17.7 Å². The number of amides is 1. The molecule has 0 saturated carbocycles. The highest BCUT2D eigenvalue weighted by molar-refractivity contribution is 5.78. The van der Waals surface area contributed by atoms with E-state index in [1.165, 1.54) is 0 Å². The Morgan fingerprint density at radius 3 is 2.53 bits per heavy atom. The number of ether oxygens (including phenoxy) is 1. The fourth-order valence-electron chi connectivity index (χ4n) is 1.66. The van der Waals surface area contributed by atoms with Gasteiger partial charge in [0.15, 0.2) is 0 Å². The lowest BCUT2D eigenvalue weighted by Crippen LogP contribution is -2.36. The van der Waals surface area contributed by atoms with E-state index in [-0.39, 0.29) is 17.9 Å². The summed E-state index contributed by atoms with van der Waals surface area (Å²) >= 11 is 0. The molecule has 0 fully saturated rings. The maximum Gasteiger partial charge on any atom is 0.222 e. The first-order chi connectivity index (χ1) is 8.04. The molecule has 0 aliphatic rings. The summed E-state index contributed by atoms with van der Waals surface area (Å²) in [7, 11) is 1.66. The lowest BCUT2D eigenvalue weighted by atomic mass is 10.1. The monoisotopic (exact) mass is 235 g/mol. The normalized spacial score (nSPS) is 12.3. The highest BCUT2D eigenvalue weighted by Crippen LogP contribution is 2.18. The van der Waals surface area contributed by atoms with E-state index < -0.39 is 0 Å². The Kier molecular flexibility index (Phi) is 5.01. The Hall–Kier alpha value is -1.51. The summed E-state index contributed by atoms with van der Waals surface area (Å²) in [5.41, 5.74) is 1.12. The summed E-state index contributed by atoms with van der Waals surface area (Å²) in [6.45, 7) is 5.79. The van der Waals surface area contributed by atoms with Crippen molar-refractivity contribution in [3.05, 3.63) is 29.8 Å². The minimum absolute atomic E-state index is 0.0233. The van der Waals surface area contributed by atoms with Gasteiger partial charge in [0.05, 0.1) is 7.11 Å². The third-order valence-electron chi connectivity index (χ3n) is 2.63. The molecule has 1 atom stereocenters. The van der Waals surface area contributed by atoms with E-state index in [2.05, 4.69) is 5.32 Å². The van der Waals surface area contributed by atoms with Crippen LogP contribution >= 0.6 is 0 Å². The van der Waals surface area contributed by atoms with E-state index in [0.29, 0.717) is 0 Å². The van der Waals surface area contributed by atoms with Crippen molar-refractivity contribution in [2.24, 2.45) is 5.92 Å². The highest BCUT2D eigenvalue weighted by Gasteiger charge is 2.12. The van der Waals surface area contributed by atoms with Gasteiger partial charge in [0, 0.05) is 12.0 Å². The van der Waals surface area contributed by atoms with Crippen LogP contribution in [0.2, 0.25) is 0 Å². The van der Waals surface area contributed by atoms with E-state index in [4.69, 9.17) is 4.74 Å². The molecule has 17 heavy (non-hydrogen) atoms. The zero-order valence-corrected chi connectivity index (χ0v) is 11.0. The Bertz CT molecular complexity index is 374. The Morgan fingerprint density at radius 2 is 1.94 bits per heavy atom. The van der Waals surface area contributed by atoms with Crippen molar-refractivity contribution >= 4 is 5.91 Å². The predicted molar refractivity (Wildman–Crippen MR) is 69.1 cm³/mol. The van der Waals surface area contributed by atoms with Crippen molar-refractivity contribution in [2.75, 3.05) is 7.11 Å². The average Bonchev–Trinajstić information content (AvgIpc) is 2.29. The van der Waals surface area contributed by atoms with Crippen LogP contribution in [0.25, 0.3) is 0 Å². The minimum Gasteiger partial charge on any atom is -0.496 e. The van der Waals surface area contributed by atoms with Crippen molar-refractivity contribution in [2.45, 2.75) is 33.2 Å². The molecule has 0 saturated heterocycles. The Balaban J connectivity index is 2.61. The number of hydrogen-bond donors (Lipinski definition) is 1. The summed E-state index contributed by atoms with van der Waals surface area (Å²) < 4.78 is 5.29. The van der Waals surface area contributed by atoms with Crippen LogP contribution in [0.15, 0.2) is 24.3 Å². The number of nitrogens with one attached hydrogen (secondary N) is 1. The van der Waals surface area contributed by atoms with Crippen LogP contribution in [0, 0.1) is 5.92 Å². The van der Waals surface area contributed by atoms with Crippen molar-refractivity contribution < 1.29 is 9.53 Å². The van der Waals surface area contributed by atoms with Crippen molar-refractivity contribution in [3.63, 3.8) is 0 Å². The van der Waals surface area contributed by atoms with E-state index >= 15 is 0 Å². The first-order valence-electron chi connectivity index (χ1n) is 5.97. The van der Waals surface area contributed by atoms with Gasteiger partial charge in [-0.15, -0.1) is 0 Å². The number of rotatable bonds is 5. The molecule has 3 heteroatoms. The lowest BCUT2D eigenvalue weighted by Gasteiger charge is -2.17. The van der Waals surface area contributed by atoms with E-state index in [1.54, 1.807) is 7.11 Å². The number of para-hydroxylation sites is 1. The zero-order valence-electron chi connectivity index (χ0n) is 11.0. The van der Waals surface area contributed by atoms with Gasteiger partial charge in [0.2, 0.25) is 5.91 Å². The van der Waals surface area contributed by atoms with Crippen LogP contribution in [-0.2, 0) is 11.2 Å². The number of methoxy groups -OCH3 is 1. The molecule has 0 aliphatic heterocycles. The van der Waals surface area contributed by atoms with Crippen LogP contribution in [0.3, 0.4) is 0 Å². The summed E-state index contributed by atoms with van der Waals surface area (Å²) in [5.74, 6) is 0.987. The summed E-state index contributed by atoms with van der Waals surface area (Å²) in [4.78, 5) is 11.6. The summed E-state index contributed by atoms with van der Waals surface area (Å²) in [6.07, 6.45) is 0.780. The van der Waals surface area contributed by atoms with E-state index in [1.807, 2.05) is 45.0 Å². The largest absolute Gasteiger partial charge is 0.496 e. The molecule has 1 N–H and O–H groups in total. The second-order valence-corrected chi connectivity index (χ2v) is 4.58. The molecule has 94 valence electrons. The first-order valence-corrected chi connectivity index (χ1v) is 5.97. The van der Waals surface area contributed by atoms with Crippen LogP contribution in [0.5, 0.6) is 5.75 Å². The minimum atomic E-state index is 0.0233. The van der Waals surface area contributed by atoms with Gasteiger partial charge in [0.1, 0.15) is 5.75 Å². The maximum absolute atomic E-state index is 11.6. The molecular weight excluding hydrogens is 214 g/mol. The van der Waals surface area contributed by atoms with Gasteiger partial charge in [-0.05, 0) is 25.0 Å². The average molecular weight is 235 g/mol. The molecule has 0 bridgehead atoms. The maximum atomic E-state index is 11.6. The number of benzene rings is 1. The Labute approximate surface area is 103 Å². The molecule has 0 aliphatic carbocycles. The lowest BCUT2D eigenvalue weighted by molar-refractivity contribution is -0.124. The molecular formula is C14H21NO2. The van der Waals surface area contributed by atoms with Gasteiger partial charge < -0.3 is 10.1 Å². The molecule has 1 rings (SSSR count). The summed E-state index contributed by atoms with van der Waals surface area (Å²) in [6, 6.07) is 8.00. The summed E-state index contributed by atoms with van der Waals surface area (Å²) in [5, 5.41) is 2.98. The molecule has 1 unspecified atom stereocenters. The predicted octanol–water partition coefficient (Wildman–Crippen LogP) is 2.40. The molecule has 0 spiro atoms. The topological polar surface area (TPSA) is 38.3 Å². The standard InChI is InChI=1S/C14H21NO2/c1-10(2)14(16)15-11(3)9-12-7-5-6-8-13(12)17-4/h5-8,10-11H,9H2,1-4H3,(H,15,16). The SMILES string of the molecule is COc1ccccc1CC(C)NC(=O)C(C)C. The van der Waals surface area contributed by atoms with Crippen LogP contribution in [-0.4, -0.2) is 19.1 Å². The number of carbonyl (C=O) groups excluding carboxylic acids is 1. The fourth-order valence-corrected chi connectivity index (χ4v) is 1.66. The van der Waals surface area contributed by atoms with Crippen LogP contribution in [0.4, 0.5) is 0 Å².